The molecule has 1 fully saturated rings. The monoisotopic (exact) mass is 440 g/mol. The van der Waals surface area contributed by atoms with Gasteiger partial charge in [-0.25, -0.2) is 4.39 Å². The molecule has 2 heterocycles. The second-order valence-electron chi connectivity index (χ2n) is 7.12. The number of benzene rings is 2. The fraction of sp³-hybridized carbons (Fsp3) is 0.273. The number of halogens is 1. The Hall–Kier alpha value is -3.20. The third-order valence-corrected chi connectivity index (χ3v) is 5.88. The number of thioether (sulfide) groups is 1. The Morgan fingerprint density at radius 1 is 1.06 bits per heavy atom. The van der Waals surface area contributed by atoms with Crippen LogP contribution in [0.15, 0.2) is 58.2 Å². The van der Waals surface area contributed by atoms with Crippen LogP contribution in [-0.2, 0) is 4.79 Å². The summed E-state index contributed by atoms with van der Waals surface area (Å²) >= 11 is 1.20. The number of carbonyl (C=O) groups is 2. The summed E-state index contributed by atoms with van der Waals surface area (Å²) < 4.78 is 20.0. The van der Waals surface area contributed by atoms with Gasteiger partial charge in [0.1, 0.15) is 5.82 Å². The summed E-state index contributed by atoms with van der Waals surface area (Å²) in [6.45, 7) is 3.43. The van der Waals surface area contributed by atoms with Crippen LogP contribution < -0.4 is 4.90 Å². The van der Waals surface area contributed by atoms with Crippen molar-refractivity contribution in [2.24, 2.45) is 0 Å². The number of anilines is 1. The van der Waals surface area contributed by atoms with E-state index in [9.17, 15) is 14.0 Å². The van der Waals surface area contributed by atoms with Crippen LogP contribution in [0.4, 0.5) is 10.1 Å². The van der Waals surface area contributed by atoms with Gasteiger partial charge in [-0.05, 0) is 37.3 Å². The molecule has 1 saturated heterocycles. The maximum atomic E-state index is 14.4. The predicted molar refractivity (Wildman–Crippen MR) is 116 cm³/mol. The van der Waals surface area contributed by atoms with Gasteiger partial charge in [0.25, 0.3) is 5.22 Å². The number of Topliss-reactive ketones (excluding diaryl/α,β-unsaturated/α-hetero) is 1. The minimum atomic E-state index is -0.423. The van der Waals surface area contributed by atoms with E-state index in [4.69, 9.17) is 4.42 Å². The van der Waals surface area contributed by atoms with Crippen molar-refractivity contribution in [1.29, 1.82) is 0 Å². The number of rotatable bonds is 6. The van der Waals surface area contributed by atoms with Gasteiger partial charge in [0, 0.05) is 37.3 Å². The molecule has 160 valence electrons. The minimum Gasteiger partial charge on any atom is -0.411 e. The van der Waals surface area contributed by atoms with Crippen LogP contribution in [0, 0.1) is 5.82 Å². The van der Waals surface area contributed by atoms with Crippen LogP contribution >= 0.6 is 11.8 Å². The average Bonchev–Trinajstić information content (AvgIpc) is 3.27. The second-order valence-corrected chi connectivity index (χ2v) is 8.04. The first kappa shape index (κ1) is 21.0. The van der Waals surface area contributed by atoms with E-state index in [2.05, 4.69) is 10.2 Å². The Balaban J connectivity index is 1.29. The number of hydrogen-bond acceptors (Lipinski definition) is 7. The van der Waals surface area contributed by atoms with Crippen LogP contribution in [0.3, 0.4) is 0 Å². The van der Waals surface area contributed by atoms with E-state index in [1.165, 1.54) is 24.8 Å². The summed E-state index contributed by atoms with van der Waals surface area (Å²) in [6, 6.07) is 14.0. The largest absolute Gasteiger partial charge is 0.411 e. The van der Waals surface area contributed by atoms with Crippen LogP contribution in [0.1, 0.15) is 17.3 Å². The van der Waals surface area contributed by atoms with Gasteiger partial charge >= 0.3 is 0 Å². The third-order valence-electron chi connectivity index (χ3n) is 5.07. The van der Waals surface area contributed by atoms with E-state index in [-0.39, 0.29) is 17.4 Å². The lowest BCUT2D eigenvalue weighted by Gasteiger charge is -2.36. The van der Waals surface area contributed by atoms with E-state index < -0.39 is 5.82 Å². The first-order chi connectivity index (χ1) is 15.0. The molecule has 1 aliphatic heterocycles. The standard InChI is InChI=1S/C22H21FN4O3S/c1-15(28)17-7-8-19(18(23)13-17)26-9-11-27(12-10-26)20(29)14-31-22-25-24-21(30-22)16-5-3-2-4-6-16/h2-8,13H,9-12,14H2,1H3. The molecule has 0 spiro atoms. The minimum absolute atomic E-state index is 0.0310. The Morgan fingerprint density at radius 3 is 2.48 bits per heavy atom. The molecule has 0 saturated carbocycles. The first-order valence-corrected chi connectivity index (χ1v) is 10.8. The number of ketones is 1. The van der Waals surface area contributed by atoms with Crippen molar-refractivity contribution in [1.82, 2.24) is 15.1 Å². The van der Waals surface area contributed by atoms with Crippen LogP contribution in [0.25, 0.3) is 11.5 Å². The lowest BCUT2D eigenvalue weighted by molar-refractivity contribution is -0.128. The second kappa shape index (κ2) is 9.30. The molecule has 31 heavy (non-hydrogen) atoms. The highest BCUT2D eigenvalue weighted by molar-refractivity contribution is 7.99. The molecule has 1 aromatic heterocycles. The lowest BCUT2D eigenvalue weighted by Crippen LogP contribution is -2.49. The van der Waals surface area contributed by atoms with Crippen molar-refractivity contribution in [2.45, 2.75) is 12.1 Å². The molecule has 0 aliphatic carbocycles. The Kier molecular flexibility index (Phi) is 6.31. The predicted octanol–water partition coefficient (Wildman–Crippen LogP) is 3.52. The Morgan fingerprint density at radius 2 is 1.81 bits per heavy atom. The van der Waals surface area contributed by atoms with E-state index in [1.807, 2.05) is 35.2 Å². The van der Waals surface area contributed by atoms with Gasteiger partial charge in [-0.1, -0.05) is 30.0 Å². The van der Waals surface area contributed by atoms with Gasteiger partial charge in [0.05, 0.1) is 11.4 Å². The quantitative estimate of drug-likeness (QED) is 0.429. The van der Waals surface area contributed by atoms with Crippen molar-refractivity contribution < 1.29 is 18.4 Å². The fourth-order valence-corrected chi connectivity index (χ4v) is 4.03. The van der Waals surface area contributed by atoms with Crippen LogP contribution in [-0.4, -0.2) is 58.7 Å². The molecular weight excluding hydrogens is 419 g/mol. The zero-order valence-corrected chi connectivity index (χ0v) is 17.8. The Labute approximate surface area is 183 Å². The highest BCUT2D eigenvalue weighted by atomic mass is 32.2. The fourth-order valence-electron chi connectivity index (χ4n) is 3.36. The maximum Gasteiger partial charge on any atom is 0.277 e. The van der Waals surface area contributed by atoms with Gasteiger partial charge in [-0.2, -0.15) is 0 Å². The third kappa shape index (κ3) is 4.93. The molecule has 0 atom stereocenters. The SMILES string of the molecule is CC(=O)c1ccc(N2CCN(C(=O)CSc3nnc(-c4ccccc4)o3)CC2)c(F)c1. The smallest absolute Gasteiger partial charge is 0.277 e. The van der Waals surface area contributed by atoms with Gasteiger partial charge in [0.2, 0.25) is 11.8 Å². The van der Waals surface area contributed by atoms with Crippen LogP contribution in [0.5, 0.6) is 0 Å². The molecule has 4 rings (SSSR count). The zero-order chi connectivity index (χ0) is 21.8. The molecule has 0 N–H and O–H groups in total. The van der Waals surface area contributed by atoms with E-state index in [1.54, 1.807) is 17.0 Å². The van der Waals surface area contributed by atoms with Gasteiger partial charge < -0.3 is 14.2 Å². The summed E-state index contributed by atoms with van der Waals surface area (Å²) in [4.78, 5) is 27.6. The number of hydrogen-bond donors (Lipinski definition) is 0. The van der Waals surface area contributed by atoms with E-state index in [0.717, 1.165) is 5.56 Å². The molecular formula is C22H21FN4O3S. The van der Waals surface area contributed by atoms with Gasteiger partial charge in [0.15, 0.2) is 5.78 Å². The number of nitrogens with zero attached hydrogens (tertiary/aromatic N) is 4. The molecule has 9 heteroatoms. The number of carbonyl (C=O) groups excluding carboxylic acids is 2. The number of aromatic nitrogens is 2. The van der Waals surface area contributed by atoms with Crippen molar-refractivity contribution in [3.05, 3.63) is 59.9 Å². The highest BCUT2D eigenvalue weighted by Crippen LogP contribution is 2.25. The van der Waals surface area contributed by atoms with Crippen molar-refractivity contribution in [3.63, 3.8) is 0 Å². The summed E-state index contributed by atoms with van der Waals surface area (Å²) in [7, 11) is 0. The zero-order valence-electron chi connectivity index (χ0n) is 17.0. The average molecular weight is 441 g/mol. The van der Waals surface area contributed by atoms with Crippen LogP contribution in [0.2, 0.25) is 0 Å². The van der Waals surface area contributed by atoms with Crippen molar-refractivity contribution in [2.75, 3.05) is 36.8 Å². The Bertz CT molecular complexity index is 1080. The van der Waals surface area contributed by atoms with Gasteiger partial charge in [-0.15, -0.1) is 10.2 Å². The molecule has 1 aliphatic rings. The van der Waals surface area contributed by atoms with Crippen molar-refractivity contribution in [3.8, 4) is 11.5 Å². The molecule has 7 nitrogen and oxygen atoms in total. The molecule has 0 bridgehead atoms. The lowest BCUT2D eigenvalue weighted by atomic mass is 10.1. The molecule has 2 aromatic carbocycles. The maximum absolute atomic E-state index is 14.4. The van der Waals surface area contributed by atoms with E-state index in [0.29, 0.717) is 48.5 Å². The normalized spacial score (nSPS) is 14.0. The first-order valence-electron chi connectivity index (χ1n) is 9.86. The summed E-state index contributed by atoms with van der Waals surface area (Å²) in [5, 5.41) is 8.36. The van der Waals surface area contributed by atoms with Gasteiger partial charge in [-0.3, -0.25) is 9.59 Å². The topological polar surface area (TPSA) is 79.5 Å². The molecule has 1 amide bonds. The highest BCUT2D eigenvalue weighted by Gasteiger charge is 2.24. The summed E-state index contributed by atoms with van der Waals surface area (Å²) in [5.74, 6) is -0.0133. The molecule has 0 unspecified atom stereocenters. The van der Waals surface area contributed by atoms with Crippen molar-refractivity contribution >= 4 is 29.1 Å². The summed E-state index contributed by atoms with van der Waals surface area (Å²) in [6.07, 6.45) is 0. The molecule has 3 aromatic rings. The molecule has 0 radical (unpaired) electrons. The van der Waals surface area contributed by atoms with E-state index >= 15 is 0 Å². The number of piperazine rings is 1. The summed E-state index contributed by atoms with van der Waals surface area (Å²) in [5.41, 5.74) is 1.63. The number of amides is 1.